The number of carbonyl (C=O) groups is 2. The SMILES string of the molecule is Cc1ccn2c(CN3CCN(C(=O)c4ccc5c(c4)OCC(=O)N5)CC3)c(C)nc2c1. The summed E-state index contributed by atoms with van der Waals surface area (Å²) in [6.45, 7) is 7.87. The second-order valence-electron chi connectivity index (χ2n) is 8.19. The molecular weight excluding hydrogens is 394 g/mol. The van der Waals surface area contributed by atoms with Crippen molar-refractivity contribution < 1.29 is 14.3 Å². The van der Waals surface area contributed by atoms with E-state index in [9.17, 15) is 9.59 Å². The molecule has 5 rings (SSSR count). The number of carbonyl (C=O) groups excluding carboxylic acids is 2. The summed E-state index contributed by atoms with van der Waals surface area (Å²) in [6.07, 6.45) is 2.08. The Balaban J connectivity index is 1.24. The van der Waals surface area contributed by atoms with Crippen LogP contribution in [0.5, 0.6) is 5.75 Å². The van der Waals surface area contributed by atoms with Crippen molar-refractivity contribution in [1.82, 2.24) is 19.2 Å². The molecule has 160 valence electrons. The molecule has 1 aromatic carbocycles. The first-order valence-corrected chi connectivity index (χ1v) is 10.5. The van der Waals surface area contributed by atoms with Gasteiger partial charge in [0, 0.05) is 44.5 Å². The Kier molecular flexibility index (Phi) is 4.86. The number of nitrogens with zero attached hydrogens (tertiary/aromatic N) is 4. The first kappa shape index (κ1) is 19.6. The van der Waals surface area contributed by atoms with Gasteiger partial charge < -0.3 is 19.4 Å². The number of piperazine rings is 1. The van der Waals surface area contributed by atoms with Crippen molar-refractivity contribution in [1.29, 1.82) is 0 Å². The molecule has 2 aliphatic heterocycles. The number of nitrogens with one attached hydrogen (secondary N) is 1. The number of hydrogen-bond donors (Lipinski definition) is 1. The molecule has 2 amide bonds. The summed E-state index contributed by atoms with van der Waals surface area (Å²) in [5.41, 5.74) is 5.61. The van der Waals surface area contributed by atoms with E-state index in [1.54, 1.807) is 18.2 Å². The van der Waals surface area contributed by atoms with E-state index in [2.05, 4.69) is 46.8 Å². The smallest absolute Gasteiger partial charge is 0.262 e. The average molecular weight is 419 g/mol. The Morgan fingerprint density at radius 2 is 1.94 bits per heavy atom. The second kappa shape index (κ2) is 7.70. The summed E-state index contributed by atoms with van der Waals surface area (Å²) in [5, 5.41) is 2.75. The third-order valence-corrected chi connectivity index (χ3v) is 5.98. The molecule has 31 heavy (non-hydrogen) atoms. The number of rotatable bonds is 3. The molecule has 0 radical (unpaired) electrons. The van der Waals surface area contributed by atoms with Crippen LogP contribution in [0, 0.1) is 13.8 Å². The third-order valence-electron chi connectivity index (χ3n) is 5.98. The molecule has 3 aromatic rings. The van der Waals surface area contributed by atoms with Crippen LogP contribution in [0.4, 0.5) is 5.69 Å². The molecule has 0 unspecified atom stereocenters. The summed E-state index contributed by atoms with van der Waals surface area (Å²) in [7, 11) is 0. The van der Waals surface area contributed by atoms with Gasteiger partial charge in [-0.25, -0.2) is 4.98 Å². The van der Waals surface area contributed by atoms with E-state index in [0.29, 0.717) is 30.1 Å². The minimum Gasteiger partial charge on any atom is -0.482 e. The maximum absolute atomic E-state index is 13.0. The predicted molar refractivity (Wildman–Crippen MR) is 116 cm³/mol. The van der Waals surface area contributed by atoms with Crippen molar-refractivity contribution in [2.45, 2.75) is 20.4 Å². The first-order valence-electron chi connectivity index (χ1n) is 10.5. The summed E-state index contributed by atoms with van der Waals surface area (Å²) in [4.78, 5) is 33.3. The zero-order chi connectivity index (χ0) is 21.5. The van der Waals surface area contributed by atoms with E-state index in [0.717, 1.165) is 31.0 Å². The van der Waals surface area contributed by atoms with Gasteiger partial charge in [-0.05, 0) is 49.7 Å². The lowest BCUT2D eigenvalue weighted by Gasteiger charge is -2.35. The van der Waals surface area contributed by atoms with Crippen molar-refractivity contribution in [2.24, 2.45) is 0 Å². The largest absolute Gasteiger partial charge is 0.482 e. The molecular formula is C23H25N5O3. The van der Waals surface area contributed by atoms with Crippen LogP contribution in [0.15, 0.2) is 36.5 Å². The fraction of sp³-hybridized carbons (Fsp3) is 0.348. The van der Waals surface area contributed by atoms with Crippen LogP contribution in [0.1, 0.15) is 27.3 Å². The number of fused-ring (bicyclic) bond motifs is 2. The highest BCUT2D eigenvalue weighted by Gasteiger charge is 2.25. The minimum atomic E-state index is -0.181. The van der Waals surface area contributed by atoms with Gasteiger partial charge in [0.05, 0.1) is 17.1 Å². The average Bonchev–Trinajstić information content (AvgIpc) is 3.07. The number of imidazole rings is 1. The molecule has 1 fully saturated rings. The maximum atomic E-state index is 13.0. The highest BCUT2D eigenvalue weighted by molar-refractivity contribution is 5.99. The number of ether oxygens (including phenoxy) is 1. The Bertz CT molecular complexity index is 1180. The normalized spacial score (nSPS) is 16.7. The highest BCUT2D eigenvalue weighted by atomic mass is 16.5. The fourth-order valence-corrected chi connectivity index (χ4v) is 4.22. The summed E-state index contributed by atoms with van der Waals surface area (Å²) in [6, 6.07) is 9.38. The number of hydrogen-bond acceptors (Lipinski definition) is 5. The topological polar surface area (TPSA) is 79.2 Å². The van der Waals surface area contributed by atoms with E-state index < -0.39 is 0 Å². The molecule has 0 aliphatic carbocycles. The molecule has 2 aliphatic rings. The van der Waals surface area contributed by atoms with Gasteiger partial charge in [0.1, 0.15) is 11.4 Å². The fourth-order valence-electron chi connectivity index (χ4n) is 4.22. The van der Waals surface area contributed by atoms with Gasteiger partial charge in [0.15, 0.2) is 6.61 Å². The summed E-state index contributed by atoms with van der Waals surface area (Å²) >= 11 is 0. The molecule has 4 heterocycles. The van der Waals surface area contributed by atoms with Crippen molar-refractivity contribution in [3.8, 4) is 5.75 Å². The van der Waals surface area contributed by atoms with Crippen molar-refractivity contribution in [3.63, 3.8) is 0 Å². The van der Waals surface area contributed by atoms with Crippen LogP contribution >= 0.6 is 0 Å². The molecule has 0 bridgehead atoms. The van der Waals surface area contributed by atoms with Crippen molar-refractivity contribution in [2.75, 3.05) is 38.1 Å². The van der Waals surface area contributed by atoms with Crippen molar-refractivity contribution in [3.05, 3.63) is 59.0 Å². The first-order chi connectivity index (χ1) is 15.0. The lowest BCUT2D eigenvalue weighted by Crippen LogP contribution is -2.48. The quantitative estimate of drug-likeness (QED) is 0.704. The zero-order valence-corrected chi connectivity index (χ0v) is 17.7. The monoisotopic (exact) mass is 419 g/mol. The molecule has 8 heteroatoms. The van der Waals surface area contributed by atoms with E-state index in [1.807, 2.05) is 4.90 Å². The highest BCUT2D eigenvalue weighted by Crippen LogP contribution is 2.29. The molecule has 1 N–H and O–H groups in total. The number of benzene rings is 1. The molecule has 1 saturated heterocycles. The number of aromatic nitrogens is 2. The van der Waals surface area contributed by atoms with Crippen LogP contribution in [-0.4, -0.2) is 63.8 Å². The Hall–Kier alpha value is -3.39. The molecule has 0 spiro atoms. The molecule has 0 saturated carbocycles. The summed E-state index contributed by atoms with van der Waals surface area (Å²) < 4.78 is 7.60. The van der Waals surface area contributed by atoms with E-state index in [-0.39, 0.29) is 18.4 Å². The summed E-state index contributed by atoms with van der Waals surface area (Å²) in [5.74, 6) is 0.353. The van der Waals surface area contributed by atoms with Gasteiger partial charge in [-0.1, -0.05) is 0 Å². The van der Waals surface area contributed by atoms with Gasteiger partial charge >= 0.3 is 0 Å². The van der Waals surface area contributed by atoms with Crippen LogP contribution < -0.4 is 10.1 Å². The predicted octanol–water partition coefficient (Wildman–Crippen LogP) is 2.24. The molecule has 8 nitrogen and oxygen atoms in total. The van der Waals surface area contributed by atoms with Crippen molar-refractivity contribution >= 4 is 23.1 Å². The van der Waals surface area contributed by atoms with Crippen LogP contribution in [0.2, 0.25) is 0 Å². The number of pyridine rings is 1. The molecule has 0 atom stereocenters. The van der Waals surface area contributed by atoms with Gasteiger partial charge in [-0.2, -0.15) is 0 Å². The Morgan fingerprint density at radius 3 is 2.74 bits per heavy atom. The lowest BCUT2D eigenvalue weighted by molar-refractivity contribution is -0.118. The number of amides is 2. The van der Waals surface area contributed by atoms with Gasteiger partial charge in [-0.15, -0.1) is 0 Å². The van der Waals surface area contributed by atoms with Crippen LogP contribution in [-0.2, 0) is 11.3 Å². The van der Waals surface area contributed by atoms with Crippen LogP contribution in [0.25, 0.3) is 5.65 Å². The van der Waals surface area contributed by atoms with Gasteiger partial charge in [-0.3, -0.25) is 14.5 Å². The van der Waals surface area contributed by atoms with E-state index in [1.165, 1.54) is 11.3 Å². The van der Waals surface area contributed by atoms with E-state index >= 15 is 0 Å². The standard InChI is InChI=1S/C23H25N5O3/c1-15-5-6-28-19(16(2)24-21(28)11-15)13-26-7-9-27(10-8-26)23(30)17-3-4-18-20(12-17)31-14-22(29)25-18/h3-6,11-12H,7-10,13-14H2,1-2H3,(H,25,29). The minimum absolute atomic E-state index is 0.00981. The second-order valence-corrected chi connectivity index (χ2v) is 8.19. The molecule has 2 aromatic heterocycles. The number of anilines is 1. The van der Waals surface area contributed by atoms with E-state index in [4.69, 9.17) is 9.72 Å². The third kappa shape index (κ3) is 3.74. The van der Waals surface area contributed by atoms with Gasteiger partial charge in [0.2, 0.25) is 0 Å². The Morgan fingerprint density at radius 1 is 1.13 bits per heavy atom. The number of aryl methyl sites for hydroxylation is 2. The van der Waals surface area contributed by atoms with Crippen LogP contribution in [0.3, 0.4) is 0 Å². The Labute approximate surface area is 180 Å². The van der Waals surface area contributed by atoms with Gasteiger partial charge in [0.25, 0.3) is 11.8 Å². The maximum Gasteiger partial charge on any atom is 0.262 e. The zero-order valence-electron chi connectivity index (χ0n) is 17.7. The lowest BCUT2D eigenvalue weighted by atomic mass is 10.1.